The van der Waals surface area contributed by atoms with Gasteiger partial charge in [0.25, 0.3) is 11.8 Å². The highest BCUT2D eigenvalue weighted by molar-refractivity contribution is 6.14. The van der Waals surface area contributed by atoms with Gasteiger partial charge in [-0.15, -0.1) is 11.6 Å². The molecule has 0 aromatic rings. The Morgan fingerprint density at radius 1 is 1.50 bits per heavy atom. The number of hydrogen-bond donors (Lipinski definition) is 1. The molecule has 0 fully saturated rings. The number of hydrogen-bond acceptors (Lipinski definition) is 3. The molecule has 4 heteroatoms. The first kappa shape index (κ1) is 12.6. The predicted molar refractivity (Wildman–Crippen MR) is 52.5 cm³/mol. The van der Waals surface area contributed by atoms with E-state index in [9.17, 15) is 9.59 Å². The standard InChI is InChI=1S/C6H7NO3.C4H8/c1-2-4-3-5(8)7(10)6(4)9;1-4(2)3/h3,10H,2H2,1H3;1H2,2-3H3. The second-order valence-electron chi connectivity index (χ2n) is 3.19. The van der Waals surface area contributed by atoms with Crippen LogP contribution in [-0.2, 0) is 9.59 Å². The molecule has 1 aliphatic rings. The summed E-state index contributed by atoms with van der Waals surface area (Å²) in [5.74, 6) is -1.26. The van der Waals surface area contributed by atoms with E-state index in [2.05, 4.69) is 6.58 Å². The number of carbonyl (C=O) groups excluding carboxylic acids is 2. The van der Waals surface area contributed by atoms with E-state index in [1.54, 1.807) is 6.92 Å². The Kier molecular flexibility index (Phi) is 4.80. The van der Waals surface area contributed by atoms with E-state index in [1.165, 1.54) is 5.57 Å². The SMILES string of the molecule is C=C(C)C.CCC1=CC(=O)N(O)C1=O. The summed E-state index contributed by atoms with van der Waals surface area (Å²) >= 11 is 0. The molecule has 0 aromatic heterocycles. The summed E-state index contributed by atoms with van der Waals surface area (Å²) < 4.78 is 0. The van der Waals surface area contributed by atoms with Crippen molar-refractivity contribution in [3.05, 3.63) is 23.8 Å². The number of rotatable bonds is 1. The topological polar surface area (TPSA) is 57.6 Å². The Hall–Kier alpha value is -1.42. The molecular weight excluding hydrogens is 182 g/mol. The number of carbonyl (C=O) groups is 2. The summed E-state index contributed by atoms with van der Waals surface area (Å²) in [5, 5.41) is 8.77. The molecule has 0 radical (unpaired) electrons. The third-order valence-corrected chi connectivity index (χ3v) is 1.35. The molecule has 0 aliphatic carbocycles. The summed E-state index contributed by atoms with van der Waals surface area (Å²) in [5.41, 5.74) is 1.52. The van der Waals surface area contributed by atoms with E-state index in [4.69, 9.17) is 5.21 Å². The van der Waals surface area contributed by atoms with Gasteiger partial charge in [-0.05, 0) is 20.3 Å². The van der Waals surface area contributed by atoms with Crippen LogP contribution in [0, 0.1) is 0 Å². The van der Waals surface area contributed by atoms with Crippen LogP contribution in [0.15, 0.2) is 23.8 Å². The van der Waals surface area contributed by atoms with E-state index in [0.717, 1.165) is 6.08 Å². The van der Waals surface area contributed by atoms with Gasteiger partial charge in [-0.1, -0.05) is 12.5 Å². The van der Waals surface area contributed by atoms with Crippen molar-refractivity contribution in [2.75, 3.05) is 0 Å². The molecule has 1 aliphatic heterocycles. The van der Waals surface area contributed by atoms with Gasteiger partial charge in [-0.25, -0.2) is 0 Å². The number of allylic oxidation sites excluding steroid dienone is 1. The lowest BCUT2D eigenvalue weighted by Crippen LogP contribution is -2.26. The van der Waals surface area contributed by atoms with Crippen LogP contribution in [0.25, 0.3) is 0 Å². The van der Waals surface area contributed by atoms with Crippen molar-refractivity contribution in [1.29, 1.82) is 0 Å². The Balaban J connectivity index is 0.000000364. The van der Waals surface area contributed by atoms with Crippen LogP contribution in [0.2, 0.25) is 0 Å². The molecule has 1 N–H and O–H groups in total. The molecule has 0 spiro atoms. The molecule has 0 aromatic carbocycles. The lowest BCUT2D eigenvalue weighted by atomic mass is 10.2. The van der Waals surface area contributed by atoms with E-state index in [1.807, 2.05) is 13.8 Å². The van der Waals surface area contributed by atoms with Gasteiger partial charge in [-0.3, -0.25) is 14.8 Å². The first-order chi connectivity index (χ1) is 6.40. The molecule has 14 heavy (non-hydrogen) atoms. The third-order valence-electron chi connectivity index (χ3n) is 1.35. The van der Waals surface area contributed by atoms with Crippen LogP contribution in [0.3, 0.4) is 0 Å². The monoisotopic (exact) mass is 197 g/mol. The number of hydroxylamine groups is 2. The average Bonchev–Trinajstić information content (AvgIpc) is 2.31. The quantitative estimate of drug-likeness (QED) is 0.395. The van der Waals surface area contributed by atoms with Crippen LogP contribution < -0.4 is 0 Å². The van der Waals surface area contributed by atoms with Crippen molar-refractivity contribution in [1.82, 2.24) is 5.06 Å². The highest BCUT2D eigenvalue weighted by Crippen LogP contribution is 2.12. The first-order valence-corrected chi connectivity index (χ1v) is 4.30. The fourth-order valence-corrected chi connectivity index (χ4v) is 0.761. The fourth-order valence-electron chi connectivity index (χ4n) is 0.761. The zero-order valence-electron chi connectivity index (χ0n) is 8.70. The van der Waals surface area contributed by atoms with Crippen LogP contribution in [0.4, 0.5) is 0 Å². The van der Waals surface area contributed by atoms with Crippen LogP contribution in [0.1, 0.15) is 27.2 Å². The molecule has 1 heterocycles. The van der Waals surface area contributed by atoms with Crippen molar-refractivity contribution < 1.29 is 14.8 Å². The van der Waals surface area contributed by atoms with Crippen molar-refractivity contribution >= 4 is 11.8 Å². The summed E-state index contributed by atoms with van der Waals surface area (Å²) in [6.07, 6.45) is 1.62. The Morgan fingerprint density at radius 2 is 1.93 bits per heavy atom. The van der Waals surface area contributed by atoms with Gasteiger partial charge in [0.05, 0.1) is 0 Å². The molecule has 0 unspecified atom stereocenters. The van der Waals surface area contributed by atoms with Crippen molar-refractivity contribution in [3.63, 3.8) is 0 Å². The Morgan fingerprint density at radius 3 is 2.07 bits per heavy atom. The smallest absolute Gasteiger partial charge is 0.278 e. The molecule has 1 rings (SSSR count). The van der Waals surface area contributed by atoms with Gasteiger partial charge < -0.3 is 0 Å². The van der Waals surface area contributed by atoms with Crippen molar-refractivity contribution in [2.24, 2.45) is 0 Å². The zero-order chi connectivity index (χ0) is 11.3. The largest absolute Gasteiger partial charge is 0.280 e. The fraction of sp³-hybridized carbons (Fsp3) is 0.400. The molecule has 0 bridgehead atoms. The highest BCUT2D eigenvalue weighted by atomic mass is 16.5. The third kappa shape index (κ3) is 3.53. The highest BCUT2D eigenvalue weighted by Gasteiger charge is 2.27. The number of imide groups is 1. The molecule has 0 atom stereocenters. The van der Waals surface area contributed by atoms with E-state index in [-0.39, 0.29) is 5.06 Å². The maximum atomic E-state index is 10.7. The number of amides is 2. The second kappa shape index (κ2) is 5.34. The van der Waals surface area contributed by atoms with Crippen LogP contribution in [0.5, 0.6) is 0 Å². The van der Waals surface area contributed by atoms with Gasteiger partial charge in [-0.2, -0.15) is 0 Å². The van der Waals surface area contributed by atoms with Gasteiger partial charge in [0.2, 0.25) is 0 Å². The predicted octanol–water partition coefficient (Wildman–Crippen LogP) is 1.66. The Bertz CT molecular complexity index is 288. The van der Waals surface area contributed by atoms with Crippen LogP contribution >= 0.6 is 0 Å². The van der Waals surface area contributed by atoms with Gasteiger partial charge in [0, 0.05) is 11.6 Å². The lowest BCUT2D eigenvalue weighted by Gasteiger charge is -2.01. The molecule has 0 saturated carbocycles. The summed E-state index contributed by atoms with van der Waals surface area (Å²) in [6.45, 7) is 9.25. The molecular formula is C10H15NO3. The minimum atomic E-state index is -0.651. The Labute approximate surface area is 83.5 Å². The van der Waals surface area contributed by atoms with Gasteiger partial charge in [0.15, 0.2) is 0 Å². The minimum absolute atomic E-state index is 0.124. The zero-order valence-corrected chi connectivity index (χ0v) is 8.70. The maximum Gasteiger partial charge on any atom is 0.280 e. The molecule has 78 valence electrons. The molecule has 0 saturated heterocycles. The first-order valence-electron chi connectivity index (χ1n) is 4.30. The van der Waals surface area contributed by atoms with Gasteiger partial charge in [0.1, 0.15) is 0 Å². The van der Waals surface area contributed by atoms with E-state index < -0.39 is 11.8 Å². The average molecular weight is 197 g/mol. The summed E-state index contributed by atoms with van der Waals surface area (Å²) in [4.78, 5) is 21.3. The lowest BCUT2D eigenvalue weighted by molar-refractivity contribution is -0.169. The normalized spacial score (nSPS) is 14.9. The summed E-state index contributed by atoms with van der Waals surface area (Å²) in [6, 6.07) is 0. The maximum absolute atomic E-state index is 10.7. The van der Waals surface area contributed by atoms with E-state index >= 15 is 0 Å². The van der Waals surface area contributed by atoms with E-state index in [0.29, 0.717) is 12.0 Å². The summed E-state index contributed by atoms with van der Waals surface area (Å²) in [7, 11) is 0. The van der Waals surface area contributed by atoms with Gasteiger partial charge >= 0.3 is 0 Å². The van der Waals surface area contributed by atoms with Crippen molar-refractivity contribution in [3.8, 4) is 0 Å². The molecule has 4 nitrogen and oxygen atoms in total. The molecule has 2 amide bonds. The number of nitrogens with zero attached hydrogens (tertiary/aromatic N) is 1. The second-order valence-corrected chi connectivity index (χ2v) is 3.19. The van der Waals surface area contributed by atoms with Crippen LogP contribution in [-0.4, -0.2) is 22.1 Å². The minimum Gasteiger partial charge on any atom is -0.278 e. The van der Waals surface area contributed by atoms with Crippen molar-refractivity contribution in [2.45, 2.75) is 27.2 Å².